The topological polar surface area (TPSA) is 61.0 Å². The van der Waals surface area contributed by atoms with Crippen LogP contribution >= 0.6 is 0 Å². The average molecular weight is 208 g/mol. The zero-order chi connectivity index (χ0) is 10.7. The Morgan fingerprint density at radius 3 is 2.93 bits per heavy atom. The first kappa shape index (κ1) is 10.2. The third-order valence-electron chi connectivity index (χ3n) is 2.71. The summed E-state index contributed by atoms with van der Waals surface area (Å²) in [6, 6.07) is 0. The fourth-order valence-electron chi connectivity index (χ4n) is 1.80. The molecular weight excluding hydrogens is 192 g/mol. The van der Waals surface area contributed by atoms with E-state index >= 15 is 0 Å². The van der Waals surface area contributed by atoms with Crippen molar-refractivity contribution in [3.8, 4) is 0 Å². The van der Waals surface area contributed by atoms with E-state index in [1.807, 2.05) is 11.8 Å². The zero-order valence-corrected chi connectivity index (χ0v) is 8.92. The molecule has 0 bridgehead atoms. The molecule has 0 aliphatic carbocycles. The molecule has 82 valence electrons. The van der Waals surface area contributed by atoms with Crippen molar-refractivity contribution in [3.05, 3.63) is 17.5 Å². The molecule has 1 aliphatic rings. The minimum Gasteiger partial charge on any atom is -0.336 e. The number of H-pyrrole nitrogens is 1. The van der Waals surface area contributed by atoms with Gasteiger partial charge >= 0.3 is 0 Å². The van der Waals surface area contributed by atoms with E-state index in [1.165, 1.54) is 0 Å². The molecule has 0 spiro atoms. The van der Waals surface area contributed by atoms with Gasteiger partial charge in [-0.05, 0) is 6.42 Å². The summed E-state index contributed by atoms with van der Waals surface area (Å²) < 4.78 is 0. The van der Waals surface area contributed by atoms with Crippen molar-refractivity contribution in [2.45, 2.75) is 13.3 Å². The van der Waals surface area contributed by atoms with Crippen LogP contribution in [0.5, 0.6) is 0 Å². The molecule has 1 aromatic rings. The van der Waals surface area contributed by atoms with Crippen LogP contribution < -0.4 is 5.32 Å². The van der Waals surface area contributed by atoms with Crippen LogP contribution in [0, 0.1) is 0 Å². The molecule has 1 aromatic heterocycles. The van der Waals surface area contributed by atoms with E-state index in [0.717, 1.165) is 43.9 Å². The Kier molecular flexibility index (Phi) is 3.01. The summed E-state index contributed by atoms with van der Waals surface area (Å²) in [5.74, 6) is 0.0992. The molecule has 0 saturated carbocycles. The van der Waals surface area contributed by atoms with E-state index in [4.69, 9.17) is 0 Å². The molecule has 15 heavy (non-hydrogen) atoms. The van der Waals surface area contributed by atoms with Crippen molar-refractivity contribution in [2.75, 3.05) is 26.2 Å². The predicted molar refractivity (Wildman–Crippen MR) is 56.7 cm³/mol. The monoisotopic (exact) mass is 208 g/mol. The number of rotatable bonds is 2. The lowest BCUT2D eigenvalue weighted by Crippen LogP contribution is -2.46. The number of nitrogens with zero attached hydrogens (tertiary/aromatic N) is 2. The molecule has 2 rings (SSSR count). The number of aryl methyl sites for hydroxylation is 1. The summed E-state index contributed by atoms with van der Waals surface area (Å²) in [7, 11) is 0. The van der Waals surface area contributed by atoms with Crippen LogP contribution in [0.1, 0.15) is 23.0 Å². The highest BCUT2D eigenvalue weighted by Crippen LogP contribution is 2.09. The average Bonchev–Trinajstić information content (AvgIpc) is 2.77. The standard InChI is InChI=1S/C10H16N4O/c1-2-9-8(7-12-13-9)10(15)14-5-3-11-4-6-14/h7,11H,2-6H2,1H3,(H,12,13). The van der Waals surface area contributed by atoms with Crippen LogP contribution in [0.4, 0.5) is 0 Å². The number of aromatic nitrogens is 2. The first-order valence-electron chi connectivity index (χ1n) is 5.35. The molecule has 1 fully saturated rings. The molecule has 0 atom stereocenters. The molecule has 5 heteroatoms. The van der Waals surface area contributed by atoms with Crippen molar-refractivity contribution < 1.29 is 4.79 Å². The van der Waals surface area contributed by atoms with E-state index in [-0.39, 0.29) is 5.91 Å². The van der Waals surface area contributed by atoms with Gasteiger partial charge in [0.05, 0.1) is 11.8 Å². The minimum atomic E-state index is 0.0992. The van der Waals surface area contributed by atoms with Gasteiger partial charge in [0.25, 0.3) is 5.91 Å². The zero-order valence-electron chi connectivity index (χ0n) is 8.92. The smallest absolute Gasteiger partial charge is 0.257 e. The third-order valence-corrected chi connectivity index (χ3v) is 2.71. The van der Waals surface area contributed by atoms with Gasteiger partial charge < -0.3 is 10.2 Å². The lowest BCUT2D eigenvalue weighted by atomic mass is 10.2. The highest BCUT2D eigenvalue weighted by atomic mass is 16.2. The van der Waals surface area contributed by atoms with E-state index in [9.17, 15) is 4.79 Å². The van der Waals surface area contributed by atoms with Crippen molar-refractivity contribution in [2.24, 2.45) is 0 Å². The largest absolute Gasteiger partial charge is 0.336 e. The summed E-state index contributed by atoms with van der Waals surface area (Å²) in [4.78, 5) is 14.0. The first-order valence-corrected chi connectivity index (χ1v) is 5.35. The van der Waals surface area contributed by atoms with Crippen LogP contribution in [0.15, 0.2) is 6.20 Å². The van der Waals surface area contributed by atoms with Crippen LogP contribution in [-0.2, 0) is 6.42 Å². The maximum atomic E-state index is 12.1. The Bertz CT molecular complexity index is 341. The number of amides is 1. The number of aromatic amines is 1. The molecule has 1 aliphatic heterocycles. The minimum absolute atomic E-state index is 0.0992. The second kappa shape index (κ2) is 4.44. The number of carbonyl (C=O) groups is 1. The van der Waals surface area contributed by atoms with Crippen LogP contribution in [0.3, 0.4) is 0 Å². The normalized spacial score (nSPS) is 16.7. The van der Waals surface area contributed by atoms with Gasteiger partial charge in [0.2, 0.25) is 0 Å². The van der Waals surface area contributed by atoms with Crippen molar-refractivity contribution >= 4 is 5.91 Å². The van der Waals surface area contributed by atoms with Crippen LogP contribution in [-0.4, -0.2) is 47.2 Å². The number of nitrogens with one attached hydrogen (secondary N) is 2. The fourth-order valence-corrected chi connectivity index (χ4v) is 1.80. The maximum Gasteiger partial charge on any atom is 0.257 e. The fraction of sp³-hybridized carbons (Fsp3) is 0.600. The van der Waals surface area contributed by atoms with Gasteiger partial charge in [-0.3, -0.25) is 9.89 Å². The molecule has 0 radical (unpaired) electrons. The quantitative estimate of drug-likeness (QED) is 0.720. The molecule has 0 aromatic carbocycles. The highest BCUT2D eigenvalue weighted by Gasteiger charge is 2.20. The van der Waals surface area contributed by atoms with Gasteiger partial charge in [-0.25, -0.2) is 0 Å². The van der Waals surface area contributed by atoms with Crippen LogP contribution in [0.25, 0.3) is 0 Å². The lowest BCUT2D eigenvalue weighted by molar-refractivity contribution is 0.0735. The third kappa shape index (κ3) is 2.02. The Morgan fingerprint density at radius 2 is 2.27 bits per heavy atom. The maximum absolute atomic E-state index is 12.1. The summed E-state index contributed by atoms with van der Waals surface area (Å²) in [5.41, 5.74) is 1.65. The SMILES string of the molecule is CCc1[nH]ncc1C(=O)N1CCNCC1. The summed E-state index contributed by atoms with van der Waals surface area (Å²) >= 11 is 0. The van der Waals surface area contributed by atoms with Gasteiger partial charge in [0.15, 0.2) is 0 Å². The number of piperazine rings is 1. The van der Waals surface area contributed by atoms with E-state index in [0.29, 0.717) is 0 Å². The molecule has 0 unspecified atom stereocenters. The summed E-state index contributed by atoms with van der Waals surface area (Å²) in [6.45, 7) is 5.35. The first-order chi connectivity index (χ1) is 7.33. The summed E-state index contributed by atoms with van der Waals surface area (Å²) in [6.07, 6.45) is 2.44. The highest BCUT2D eigenvalue weighted by molar-refractivity contribution is 5.95. The van der Waals surface area contributed by atoms with E-state index in [1.54, 1.807) is 6.20 Å². The lowest BCUT2D eigenvalue weighted by Gasteiger charge is -2.27. The predicted octanol–water partition coefficient (Wildman–Crippen LogP) is 0.0175. The van der Waals surface area contributed by atoms with Crippen molar-refractivity contribution in [1.29, 1.82) is 0 Å². The molecule has 2 N–H and O–H groups in total. The molecule has 5 nitrogen and oxygen atoms in total. The van der Waals surface area contributed by atoms with Gasteiger partial charge in [-0.1, -0.05) is 6.92 Å². The molecule has 1 saturated heterocycles. The summed E-state index contributed by atoms with van der Waals surface area (Å²) in [5, 5.41) is 10.0. The van der Waals surface area contributed by atoms with Gasteiger partial charge in [0.1, 0.15) is 0 Å². The Morgan fingerprint density at radius 1 is 1.53 bits per heavy atom. The van der Waals surface area contributed by atoms with Crippen LogP contribution in [0.2, 0.25) is 0 Å². The number of hydrogen-bond acceptors (Lipinski definition) is 3. The van der Waals surface area contributed by atoms with Gasteiger partial charge in [0, 0.05) is 31.9 Å². The van der Waals surface area contributed by atoms with Gasteiger partial charge in [-0.2, -0.15) is 5.10 Å². The van der Waals surface area contributed by atoms with Gasteiger partial charge in [-0.15, -0.1) is 0 Å². The second-order valence-corrected chi connectivity index (χ2v) is 3.66. The molecule has 1 amide bonds. The second-order valence-electron chi connectivity index (χ2n) is 3.66. The van der Waals surface area contributed by atoms with Crippen molar-refractivity contribution in [1.82, 2.24) is 20.4 Å². The molecule has 2 heterocycles. The Hall–Kier alpha value is -1.36. The number of carbonyl (C=O) groups excluding carboxylic acids is 1. The van der Waals surface area contributed by atoms with E-state index in [2.05, 4.69) is 15.5 Å². The number of hydrogen-bond donors (Lipinski definition) is 2. The Balaban J connectivity index is 2.12. The van der Waals surface area contributed by atoms with Crippen molar-refractivity contribution in [3.63, 3.8) is 0 Å². The van der Waals surface area contributed by atoms with E-state index < -0.39 is 0 Å². The Labute approximate surface area is 88.8 Å². The molecular formula is C10H16N4O.